The lowest BCUT2D eigenvalue weighted by Crippen LogP contribution is -2.43. The Bertz CT molecular complexity index is 1100. The van der Waals surface area contributed by atoms with Crippen molar-refractivity contribution in [2.75, 3.05) is 32.7 Å². The van der Waals surface area contributed by atoms with Crippen molar-refractivity contribution < 1.29 is 33.4 Å². The van der Waals surface area contributed by atoms with Gasteiger partial charge in [-0.25, -0.2) is 0 Å². The maximum absolute atomic E-state index is 12.6. The summed E-state index contributed by atoms with van der Waals surface area (Å²) < 4.78 is 15.4. The molecule has 3 amide bonds. The fourth-order valence-corrected chi connectivity index (χ4v) is 3.44. The van der Waals surface area contributed by atoms with Crippen LogP contribution in [0, 0.1) is 12.8 Å². The van der Waals surface area contributed by atoms with Gasteiger partial charge in [0.05, 0.1) is 26.7 Å². The minimum Gasteiger partial charge on any atom is -0.497 e. The van der Waals surface area contributed by atoms with E-state index in [2.05, 4.69) is 10.7 Å². The fraction of sp³-hybridized carbons (Fsp3) is 0.304. The number of methoxy groups -OCH3 is 2. The molecule has 2 N–H and O–H groups in total. The number of hydrogen-bond donors (Lipinski definition) is 2. The van der Waals surface area contributed by atoms with E-state index in [1.807, 2.05) is 0 Å². The number of benzene rings is 2. The van der Waals surface area contributed by atoms with Gasteiger partial charge in [0.1, 0.15) is 11.5 Å². The van der Waals surface area contributed by atoms with E-state index >= 15 is 0 Å². The lowest BCUT2D eigenvalue weighted by Gasteiger charge is -2.18. The molecule has 0 spiro atoms. The summed E-state index contributed by atoms with van der Waals surface area (Å²) in [7, 11) is 2.90. The molecule has 1 aliphatic rings. The van der Waals surface area contributed by atoms with Crippen molar-refractivity contribution in [3.05, 3.63) is 52.5 Å². The highest BCUT2D eigenvalue weighted by Gasteiger charge is 2.36. The molecule has 0 aromatic heterocycles. The molecule has 0 radical (unpaired) electrons. The topological polar surface area (TPSA) is 123 Å². The number of ether oxygens (including phenoxy) is 3. The lowest BCUT2D eigenvalue weighted by molar-refractivity contribution is -0.151. The molecule has 3 rings (SSSR count). The van der Waals surface area contributed by atoms with Crippen LogP contribution in [-0.2, 0) is 19.1 Å². The third-order valence-corrected chi connectivity index (χ3v) is 5.36. The van der Waals surface area contributed by atoms with Crippen LogP contribution in [0.5, 0.6) is 11.5 Å². The van der Waals surface area contributed by atoms with E-state index in [0.29, 0.717) is 22.2 Å². The Labute approximate surface area is 201 Å². The summed E-state index contributed by atoms with van der Waals surface area (Å²) in [4.78, 5) is 49.5. The third kappa shape index (κ3) is 6.16. The number of amides is 3. The summed E-state index contributed by atoms with van der Waals surface area (Å²) in [6, 6.07) is 9.62. The Hall–Kier alpha value is -3.79. The predicted molar refractivity (Wildman–Crippen MR) is 123 cm³/mol. The van der Waals surface area contributed by atoms with Gasteiger partial charge in [-0.15, -0.1) is 0 Å². The van der Waals surface area contributed by atoms with Gasteiger partial charge in [-0.2, -0.15) is 0 Å². The molecular weight excluding hydrogens is 466 g/mol. The Morgan fingerprint density at radius 3 is 2.41 bits per heavy atom. The second-order valence-corrected chi connectivity index (χ2v) is 8.00. The van der Waals surface area contributed by atoms with Gasteiger partial charge in [-0.1, -0.05) is 17.7 Å². The minimum atomic E-state index is -0.826. The van der Waals surface area contributed by atoms with E-state index in [4.69, 9.17) is 25.8 Å². The van der Waals surface area contributed by atoms with Crippen molar-refractivity contribution in [3.63, 3.8) is 0 Å². The Balaban J connectivity index is 1.53. The van der Waals surface area contributed by atoms with Gasteiger partial charge in [0.2, 0.25) is 5.91 Å². The minimum absolute atomic E-state index is 0.0838. The van der Waals surface area contributed by atoms with Gasteiger partial charge in [0.15, 0.2) is 6.61 Å². The highest BCUT2D eigenvalue weighted by Crippen LogP contribution is 2.24. The van der Waals surface area contributed by atoms with Crippen molar-refractivity contribution in [2.45, 2.75) is 13.3 Å². The Morgan fingerprint density at radius 1 is 1.09 bits per heavy atom. The zero-order valence-electron chi connectivity index (χ0n) is 18.8. The average Bonchev–Trinajstić information content (AvgIpc) is 3.19. The summed E-state index contributed by atoms with van der Waals surface area (Å²) in [6.45, 7) is 1.19. The van der Waals surface area contributed by atoms with Crippen molar-refractivity contribution >= 4 is 41.0 Å². The van der Waals surface area contributed by atoms with Crippen molar-refractivity contribution in [3.8, 4) is 11.5 Å². The van der Waals surface area contributed by atoms with E-state index in [0.717, 1.165) is 10.6 Å². The van der Waals surface area contributed by atoms with Crippen LogP contribution in [0.4, 0.5) is 5.69 Å². The van der Waals surface area contributed by atoms with Crippen LogP contribution >= 0.6 is 11.6 Å². The van der Waals surface area contributed by atoms with Gasteiger partial charge in [0, 0.05) is 28.8 Å². The van der Waals surface area contributed by atoms with Crippen LogP contribution in [-0.4, -0.2) is 56.1 Å². The molecule has 0 aliphatic carbocycles. The number of carbonyl (C=O) groups is 4. The summed E-state index contributed by atoms with van der Waals surface area (Å²) in [5.74, 6) is -2.30. The average molecular weight is 490 g/mol. The van der Waals surface area contributed by atoms with E-state index in [1.165, 1.54) is 26.4 Å². The van der Waals surface area contributed by atoms with E-state index in [1.54, 1.807) is 31.2 Å². The molecule has 1 fully saturated rings. The van der Waals surface area contributed by atoms with Gasteiger partial charge < -0.3 is 19.5 Å². The van der Waals surface area contributed by atoms with Crippen LogP contribution in [0.15, 0.2) is 36.4 Å². The first kappa shape index (κ1) is 24.8. The monoisotopic (exact) mass is 489 g/mol. The number of nitrogens with zero attached hydrogens (tertiary/aromatic N) is 1. The molecule has 0 unspecified atom stereocenters. The molecule has 10 nitrogen and oxygen atoms in total. The first-order valence-corrected chi connectivity index (χ1v) is 10.6. The highest BCUT2D eigenvalue weighted by molar-refractivity contribution is 6.31. The van der Waals surface area contributed by atoms with Crippen LogP contribution in [0.1, 0.15) is 22.3 Å². The molecule has 0 bridgehead atoms. The summed E-state index contributed by atoms with van der Waals surface area (Å²) in [6.07, 6.45) is -0.157. The number of hydrogen-bond acceptors (Lipinski definition) is 7. The third-order valence-electron chi connectivity index (χ3n) is 5.13. The summed E-state index contributed by atoms with van der Waals surface area (Å²) >= 11 is 5.93. The highest BCUT2D eigenvalue weighted by atomic mass is 35.5. The quantitative estimate of drug-likeness (QED) is 0.545. The number of hydrazine groups is 1. The van der Waals surface area contributed by atoms with Crippen LogP contribution in [0.25, 0.3) is 0 Å². The van der Waals surface area contributed by atoms with E-state index < -0.39 is 36.2 Å². The Morgan fingerprint density at radius 2 is 1.76 bits per heavy atom. The fourth-order valence-electron chi connectivity index (χ4n) is 3.27. The zero-order chi connectivity index (χ0) is 24.8. The predicted octanol–water partition coefficient (Wildman–Crippen LogP) is 2.34. The second kappa shape index (κ2) is 10.9. The summed E-state index contributed by atoms with van der Waals surface area (Å²) in [5.41, 5.74) is 3.99. The van der Waals surface area contributed by atoms with Gasteiger partial charge in [-0.3, -0.25) is 29.6 Å². The zero-order valence-corrected chi connectivity index (χ0v) is 19.6. The molecule has 34 heavy (non-hydrogen) atoms. The number of halogens is 1. The number of esters is 1. The molecule has 1 heterocycles. The molecule has 180 valence electrons. The normalized spacial score (nSPS) is 15.0. The van der Waals surface area contributed by atoms with E-state index in [-0.39, 0.29) is 18.5 Å². The number of carbonyl (C=O) groups excluding carboxylic acids is 4. The van der Waals surface area contributed by atoms with Crippen molar-refractivity contribution in [1.29, 1.82) is 0 Å². The first-order chi connectivity index (χ1) is 16.2. The van der Waals surface area contributed by atoms with Crippen LogP contribution in [0.3, 0.4) is 0 Å². The smallest absolute Gasteiger partial charge is 0.311 e. The van der Waals surface area contributed by atoms with Gasteiger partial charge in [-0.05, 0) is 36.8 Å². The first-order valence-electron chi connectivity index (χ1n) is 10.3. The lowest BCUT2D eigenvalue weighted by atomic mass is 10.1. The van der Waals surface area contributed by atoms with Crippen molar-refractivity contribution in [2.24, 2.45) is 5.92 Å². The van der Waals surface area contributed by atoms with Crippen LogP contribution in [0.2, 0.25) is 5.02 Å². The van der Waals surface area contributed by atoms with Crippen LogP contribution < -0.4 is 20.2 Å². The Kier molecular flexibility index (Phi) is 7.95. The van der Waals surface area contributed by atoms with Gasteiger partial charge in [0.25, 0.3) is 11.8 Å². The SMILES string of the molecule is COc1cc(OC)cc(C(=O)NN2C[C@@H](C(=O)OCC(=O)Nc3cc(Cl)ccc3C)CC2=O)c1. The largest absolute Gasteiger partial charge is 0.497 e. The second-order valence-electron chi connectivity index (χ2n) is 7.56. The maximum Gasteiger partial charge on any atom is 0.311 e. The number of aryl methyl sites for hydroxylation is 1. The molecule has 1 aliphatic heterocycles. The van der Waals surface area contributed by atoms with E-state index in [9.17, 15) is 19.2 Å². The number of rotatable bonds is 8. The van der Waals surface area contributed by atoms with Crippen molar-refractivity contribution in [1.82, 2.24) is 10.4 Å². The molecule has 2 aromatic rings. The molecular formula is C23H24ClN3O7. The number of nitrogens with one attached hydrogen (secondary N) is 2. The maximum atomic E-state index is 12.6. The molecule has 11 heteroatoms. The molecule has 1 atom stereocenters. The summed E-state index contributed by atoms with van der Waals surface area (Å²) in [5, 5.41) is 4.13. The molecule has 1 saturated heterocycles. The standard InChI is InChI=1S/C23H24ClN3O7/c1-13-4-5-16(24)9-19(13)25-20(28)12-34-23(31)15-8-21(29)27(11-15)26-22(30)14-6-17(32-2)10-18(7-14)33-3/h4-7,9-10,15H,8,11-12H2,1-3H3,(H,25,28)(H,26,30)/t15-/m0/s1. The number of anilines is 1. The molecule has 2 aromatic carbocycles. The van der Waals surface area contributed by atoms with Gasteiger partial charge >= 0.3 is 5.97 Å². The molecule has 0 saturated carbocycles.